The summed E-state index contributed by atoms with van der Waals surface area (Å²) in [5, 5.41) is 15.1. The van der Waals surface area contributed by atoms with Crippen molar-refractivity contribution in [3.8, 4) is 6.07 Å². The van der Waals surface area contributed by atoms with Crippen LogP contribution in [0.4, 0.5) is 26.4 Å². The van der Waals surface area contributed by atoms with Crippen molar-refractivity contribution in [3.05, 3.63) is 34.7 Å². The number of ether oxygens (including phenoxy) is 1. The molecule has 0 bridgehead atoms. The van der Waals surface area contributed by atoms with Crippen LogP contribution in [0.3, 0.4) is 0 Å². The van der Waals surface area contributed by atoms with E-state index < -0.39 is 18.0 Å². The van der Waals surface area contributed by atoms with Crippen LogP contribution in [-0.2, 0) is 9.53 Å². The number of benzene rings is 1. The zero-order chi connectivity index (χ0) is 26.1. The van der Waals surface area contributed by atoms with Crippen LogP contribution in [-0.4, -0.2) is 50.9 Å². The topological polar surface area (TPSA) is 144 Å². The van der Waals surface area contributed by atoms with E-state index in [-0.39, 0.29) is 52.6 Å². The molecule has 194 valence electrons. The van der Waals surface area contributed by atoms with Crippen LogP contribution in [0, 0.1) is 23.1 Å². The first kappa shape index (κ1) is 25.1. The number of anilines is 3. The van der Waals surface area contributed by atoms with Crippen molar-refractivity contribution >= 4 is 46.3 Å². The van der Waals surface area contributed by atoms with E-state index >= 15 is 0 Å². The molecule has 4 N–H and O–H groups in total. The molecule has 1 aromatic carbocycles. The Hall–Kier alpha value is -3.56. The van der Waals surface area contributed by atoms with E-state index in [1.54, 1.807) is 0 Å². The maximum atomic E-state index is 14.8. The van der Waals surface area contributed by atoms with E-state index in [0.29, 0.717) is 49.9 Å². The van der Waals surface area contributed by atoms with E-state index in [1.807, 2.05) is 10.6 Å². The number of carbonyl (C=O) groups excluding carboxylic acids is 1. The predicted molar refractivity (Wildman–Crippen MR) is 133 cm³/mol. The van der Waals surface area contributed by atoms with Crippen molar-refractivity contribution in [2.45, 2.75) is 50.4 Å². The number of hydrogen-bond acceptors (Lipinski definition) is 8. The summed E-state index contributed by atoms with van der Waals surface area (Å²) < 4.78 is 36.2. The summed E-state index contributed by atoms with van der Waals surface area (Å²) >= 11 is 6.28. The largest absolute Gasteiger partial charge is 0.378 e. The fraction of sp³-hybridized carbons (Fsp3) is 0.458. The van der Waals surface area contributed by atoms with Crippen LogP contribution in [0.2, 0.25) is 5.02 Å². The van der Waals surface area contributed by atoms with Gasteiger partial charge in [-0.05, 0) is 44.2 Å². The quantitative estimate of drug-likeness (QED) is 0.434. The van der Waals surface area contributed by atoms with Gasteiger partial charge in [-0.3, -0.25) is 9.36 Å². The van der Waals surface area contributed by atoms with Gasteiger partial charge in [-0.25, -0.2) is 18.7 Å². The molecule has 2 atom stereocenters. The molecule has 1 aliphatic carbocycles. The second-order valence-corrected chi connectivity index (χ2v) is 9.70. The van der Waals surface area contributed by atoms with E-state index in [9.17, 15) is 13.6 Å². The highest BCUT2D eigenvalue weighted by Gasteiger charge is 2.30. The lowest BCUT2D eigenvalue weighted by molar-refractivity contribution is -0.122. The second kappa shape index (κ2) is 10.4. The normalized spacial score (nSPS) is 23.9. The van der Waals surface area contributed by atoms with E-state index in [4.69, 9.17) is 27.3 Å². The summed E-state index contributed by atoms with van der Waals surface area (Å²) in [6, 6.07) is 3.71. The molecule has 3 aromatic rings. The van der Waals surface area contributed by atoms with Crippen LogP contribution in [0.1, 0.15) is 43.7 Å². The van der Waals surface area contributed by atoms with Gasteiger partial charge >= 0.3 is 0 Å². The van der Waals surface area contributed by atoms with Gasteiger partial charge < -0.3 is 21.1 Å². The molecule has 0 spiro atoms. The first-order chi connectivity index (χ1) is 17.8. The zero-order valence-electron chi connectivity index (χ0n) is 19.8. The third kappa shape index (κ3) is 5.14. The van der Waals surface area contributed by atoms with Gasteiger partial charge in [0.2, 0.25) is 17.8 Å². The standard InChI is InChI=1S/C24H25ClF2N8O2/c25-15-7-12(9-28)8-16(26)20(15)33-24-32-19-10-30-23(31-18-5-6-37-11-17(18)27)34-22(19)35(24)14-3-1-13(2-4-14)21(29)36/h7-8,10,13-14,17-18H,1-6,11H2,(H2,29,36)(H,32,33)(H,30,31,34)/t13?,14?,17-,18+/m1/s1. The summed E-state index contributed by atoms with van der Waals surface area (Å²) in [6.45, 7) is 0.443. The maximum Gasteiger partial charge on any atom is 0.225 e. The minimum atomic E-state index is -1.19. The smallest absolute Gasteiger partial charge is 0.225 e. The molecule has 0 radical (unpaired) electrons. The number of rotatable bonds is 6. The number of nitrogens with zero attached hydrogens (tertiary/aromatic N) is 5. The number of nitrogens with two attached hydrogens (primary N) is 1. The van der Waals surface area contributed by atoms with E-state index in [0.717, 1.165) is 6.07 Å². The number of carbonyl (C=O) groups is 1. The van der Waals surface area contributed by atoms with Crippen LogP contribution < -0.4 is 16.4 Å². The number of amides is 1. The average Bonchev–Trinajstić information content (AvgIpc) is 3.24. The first-order valence-electron chi connectivity index (χ1n) is 12.0. The van der Waals surface area contributed by atoms with Crippen molar-refractivity contribution in [2.24, 2.45) is 11.7 Å². The molecule has 1 saturated carbocycles. The summed E-state index contributed by atoms with van der Waals surface area (Å²) in [7, 11) is 0. The maximum absolute atomic E-state index is 14.8. The van der Waals surface area contributed by atoms with Crippen LogP contribution in [0.15, 0.2) is 18.3 Å². The van der Waals surface area contributed by atoms with Gasteiger partial charge in [-0.2, -0.15) is 10.2 Å². The summed E-state index contributed by atoms with van der Waals surface area (Å²) in [5.74, 6) is -0.728. The minimum Gasteiger partial charge on any atom is -0.378 e. The lowest BCUT2D eigenvalue weighted by Gasteiger charge is -2.29. The van der Waals surface area contributed by atoms with Gasteiger partial charge in [0.05, 0.1) is 41.2 Å². The Labute approximate surface area is 216 Å². The first-order valence-corrected chi connectivity index (χ1v) is 12.4. The Kier molecular flexibility index (Phi) is 7.08. The molecular weight excluding hydrogens is 506 g/mol. The van der Waals surface area contributed by atoms with Gasteiger partial charge in [0.25, 0.3) is 0 Å². The molecule has 13 heteroatoms. The Bertz CT molecular complexity index is 1350. The van der Waals surface area contributed by atoms with Crippen LogP contribution in [0.5, 0.6) is 0 Å². The number of hydrogen-bond donors (Lipinski definition) is 3. The Morgan fingerprint density at radius 2 is 2.03 bits per heavy atom. The van der Waals surface area contributed by atoms with Crippen molar-refractivity contribution in [2.75, 3.05) is 23.8 Å². The molecule has 10 nitrogen and oxygen atoms in total. The minimum absolute atomic E-state index is 0.00588. The monoisotopic (exact) mass is 530 g/mol. The zero-order valence-corrected chi connectivity index (χ0v) is 20.5. The molecule has 5 rings (SSSR count). The number of primary amides is 1. The Morgan fingerprint density at radius 3 is 2.70 bits per heavy atom. The van der Waals surface area contributed by atoms with Crippen molar-refractivity contribution in [3.63, 3.8) is 0 Å². The number of aromatic nitrogens is 4. The molecule has 1 amide bonds. The molecule has 0 unspecified atom stereocenters. The number of nitriles is 1. The SMILES string of the molecule is N#Cc1cc(F)c(Nc2nc3cnc(N[C@H]4CCOC[C@H]4F)nc3n2C2CCC(C(N)=O)CC2)c(Cl)c1. The van der Waals surface area contributed by atoms with Gasteiger partial charge in [0.1, 0.15) is 17.5 Å². The second-order valence-electron chi connectivity index (χ2n) is 9.30. The van der Waals surface area contributed by atoms with Crippen molar-refractivity contribution in [1.82, 2.24) is 19.5 Å². The highest BCUT2D eigenvalue weighted by atomic mass is 35.5. The number of alkyl halides is 1. The fourth-order valence-corrected chi connectivity index (χ4v) is 5.17. The third-order valence-corrected chi connectivity index (χ3v) is 7.20. The molecule has 1 aliphatic heterocycles. The molecule has 1 saturated heterocycles. The number of halogens is 3. The Balaban J connectivity index is 1.53. The number of fused-ring (bicyclic) bond motifs is 1. The van der Waals surface area contributed by atoms with Gasteiger partial charge in [-0.15, -0.1) is 0 Å². The van der Waals surface area contributed by atoms with E-state index in [2.05, 4.69) is 25.6 Å². The van der Waals surface area contributed by atoms with Gasteiger partial charge in [-0.1, -0.05) is 11.6 Å². The van der Waals surface area contributed by atoms with Gasteiger partial charge in [0.15, 0.2) is 5.65 Å². The van der Waals surface area contributed by atoms with Gasteiger partial charge in [0, 0.05) is 18.6 Å². The Morgan fingerprint density at radius 1 is 1.24 bits per heavy atom. The van der Waals surface area contributed by atoms with Crippen molar-refractivity contribution in [1.29, 1.82) is 5.26 Å². The predicted octanol–water partition coefficient (Wildman–Crippen LogP) is 3.99. The lowest BCUT2D eigenvalue weighted by atomic mass is 9.85. The lowest BCUT2D eigenvalue weighted by Crippen LogP contribution is -2.39. The van der Waals surface area contributed by atoms with Crippen LogP contribution >= 0.6 is 11.6 Å². The summed E-state index contributed by atoms with van der Waals surface area (Å²) in [4.78, 5) is 25.2. The molecule has 37 heavy (non-hydrogen) atoms. The average molecular weight is 531 g/mol. The highest BCUT2D eigenvalue weighted by Crippen LogP contribution is 2.38. The van der Waals surface area contributed by atoms with Crippen molar-refractivity contribution < 1.29 is 18.3 Å². The molecule has 2 aromatic heterocycles. The fourth-order valence-electron chi connectivity index (χ4n) is 4.91. The third-order valence-electron chi connectivity index (χ3n) is 6.91. The van der Waals surface area contributed by atoms with E-state index in [1.165, 1.54) is 12.3 Å². The molecule has 2 fully saturated rings. The summed E-state index contributed by atoms with van der Waals surface area (Å²) in [6.07, 6.45) is 3.22. The molecule has 2 aliphatic rings. The highest BCUT2D eigenvalue weighted by molar-refractivity contribution is 6.33. The molecule has 3 heterocycles. The molecular formula is C24H25ClF2N8O2. The summed E-state index contributed by atoms with van der Waals surface area (Å²) in [5.41, 5.74) is 6.48. The number of imidazole rings is 1. The van der Waals surface area contributed by atoms with Crippen LogP contribution in [0.25, 0.3) is 11.2 Å². The number of nitrogens with one attached hydrogen (secondary N) is 2.